The molecule has 0 bridgehead atoms. The van der Waals surface area contributed by atoms with Gasteiger partial charge in [0.2, 0.25) is 0 Å². The summed E-state index contributed by atoms with van der Waals surface area (Å²) >= 11 is 0. The van der Waals surface area contributed by atoms with E-state index in [9.17, 15) is 9.18 Å². The molecule has 1 N–H and O–H groups in total. The van der Waals surface area contributed by atoms with E-state index in [1.165, 1.54) is 6.07 Å². The molecular formula is C19H19FN2O2. The van der Waals surface area contributed by atoms with Gasteiger partial charge in [-0.15, -0.1) is 0 Å². The second-order valence-electron chi connectivity index (χ2n) is 5.81. The van der Waals surface area contributed by atoms with Crippen LogP contribution in [-0.4, -0.2) is 20.6 Å². The van der Waals surface area contributed by atoms with Crippen molar-refractivity contribution in [2.24, 2.45) is 0 Å². The molecule has 0 aliphatic heterocycles. The molecule has 124 valence electrons. The Kier molecular flexibility index (Phi) is 4.60. The Bertz CT molecular complexity index is 886. The number of aliphatic carboxylic acids is 1. The summed E-state index contributed by atoms with van der Waals surface area (Å²) in [5.74, 6) is -0.602. The summed E-state index contributed by atoms with van der Waals surface area (Å²) in [5, 5.41) is 8.95. The highest BCUT2D eigenvalue weighted by Crippen LogP contribution is 2.28. The fourth-order valence-corrected chi connectivity index (χ4v) is 2.85. The fraction of sp³-hybridized carbons (Fsp3) is 0.263. The van der Waals surface area contributed by atoms with Crippen molar-refractivity contribution in [3.63, 3.8) is 0 Å². The summed E-state index contributed by atoms with van der Waals surface area (Å²) < 4.78 is 16.2. The molecule has 0 amide bonds. The van der Waals surface area contributed by atoms with Crippen LogP contribution in [-0.2, 0) is 17.8 Å². The molecular weight excluding hydrogens is 307 g/mol. The van der Waals surface area contributed by atoms with E-state index in [4.69, 9.17) is 5.11 Å². The minimum Gasteiger partial charge on any atom is -0.481 e. The lowest BCUT2D eigenvalue weighted by Gasteiger charge is -2.09. The van der Waals surface area contributed by atoms with Gasteiger partial charge in [0.15, 0.2) is 0 Å². The Morgan fingerprint density at radius 3 is 2.75 bits per heavy atom. The number of carbonyl (C=O) groups is 1. The summed E-state index contributed by atoms with van der Waals surface area (Å²) in [6.45, 7) is 2.85. The molecule has 0 unspecified atom stereocenters. The Hall–Kier alpha value is -2.69. The van der Waals surface area contributed by atoms with E-state index in [-0.39, 0.29) is 12.2 Å². The summed E-state index contributed by atoms with van der Waals surface area (Å²) in [6, 6.07) is 12.0. The number of carboxylic acids is 1. The van der Waals surface area contributed by atoms with Gasteiger partial charge in [0.1, 0.15) is 11.6 Å². The normalized spacial score (nSPS) is 11.1. The first-order valence-electron chi connectivity index (χ1n) is 8.06. The van der Waals surface area contributed by atoms with Crippen molar-refractivity contribution in [2.45, 2.75) is 32.7 Å². The zero-order chi connectivity index (χ0) is 17.1. The first-order chi connectivity index (χ1) is 11.6. The molecule has 0 aliphatic carbocycles. The SMILES string of the molecule is CCCCn1c(-c2ccccc2F)nc2cc(CC(=O)O)ccc21. The van der Waals surface area contributed by atoms with Crippen LogP contribution < -0.4 is 0 Å². The summed E-state index contributed by atoms with van der Waals surface area (Å²) in [6.07, 6.45) is 1.93. The van der Waals surface area contributed by atoms with Crippen LogP contribution in [0.2, 0.25) is 0 Å². The standard InChI is InChI=1S/C19H19FN2O2/c1-2-3-10-22-17-9-8-13(12-18(23)24)11-16(17)21-19(22)14-6-4-5-7-15(14)20/h4-9,11H,2-3,10,12H2,1H3,(H,23,24). The highest BCUT2D eigenvalue weighted by molar-refractivity contribution is 5.82. The van der Waals surface area contributed by atoms with Gasteiger partial charge in [0, 0.05) is 6.54 Å². The lowest BCUT2D eigenvalue weighted by Crippen LogP contribution is -2.02. The van der Waals surface area contributed by atoms with Crippen molar-refractivity contribution in [2.75, 3.05) is 0 Å². The molecule has 5 heteroatoms. The Labute approximate surface area is 139 Å². The Morgan fingerprint density at radius 2 is 2.04 bits per heavy atom. The van der Waals surface area contributed by atoms with E-state index < -0.39 is 5.97 Å². The van der Waals surface area contributed by atoms with Gasteiger partial charge in [-0.2, -0.15) is 0 Å². The van der Waals surface area contributed by atoms with Crippen molar-refractivity contribution in [3.8, 4) is 11.4 Å². The van der Waals surface area contributed by atoms with Crippen molar-refractivity contribution < 1.29 is 14.3 Å². The van der Waals surface area contributed by atoms with E-state index in [0.29, 0.717) is 22.5 Å². The van der Waals surface area contributed by atoms with E-state index in [1.54, 1.807) is 30.3 Å². The third-order valence-electron chi connectivity index (χ3n) is 4.02. The number of aryl methyl sites for hydroxylation is 1. The highest BCUT2D eigenvalue weighted by Gasteiger charge is 2.16. The van der Waals surface area contributed by atoms with Gasteiger partial charge in [-0.3, -0.25) is 4.79 Å². The van der Waals surface area contributed by atoms with Gasteiger partial charge in [0.05, 0.1) is 23.0 Å². The van der Waals surface area contributed by atoms with E-state index in [2.05, 4.69) is 11.9 Å². The predicted octanol–water partition coefficient (Wildman–Crippen LogP) is 4.27. The summed E-state index contributed by atoms with van der Waals surface area (Å²) in [7, 11) is 0. The molecule has 1 heterocycles. The number of hydrogen-bond acceptors (Lipinski definition) is 2. The maximum Gasteiger partial charge on any atom is 0.307 e. The average Bonchev–Trinajstić information content (AvgIpc) is 2.90. The quantitative estimate of drug-likeness (QED) is 0.736. The highest BCUT2D eigenvalue weighted by atomic mass is 19.1. The maximum absolute atomic E-state index is 14.2. The van der Waals surface area contributed by atoms with Crippen LogP contribution in [0, 0.1) is 5.82 Å². The van der Waals surface area contributed by atoms with Crippen LogP contribution in [0.4, 0.5) is 4.39 Å². The van der Waals surface area contributed by atoms with Gasteiger partial charge in [-0.1, -0.05) is 31.5 Å². The number of unbranched alkanes of at least 4 members (excludes halogenated alkanes) is 1. The molecule has 0 saturated carbocycles. The van der Waals surface area contributed by atoms with Crippen molar-refractivity contribution in [1.29, 1.82) is 0 Å². The second kappa shape index (κ2) is 6.83. The monoisotopic (exact) mass is 326 g/mol. The Morgan fingerprint density at radius 1 is 1.25 bits per heavy atom. The van der Waals surface area contributed by atoms with Crippen LogP contribution >= 0.6 is 0 Å². The number of nitrogens with zero attached hydrogens (tertiary/aromatic N) is 2. The number of carboxylic acid groups (broad SMARTS) is 1. The number of imidazole rings is 1. The fourth-order valence-electron chi connectivity index (χ4n) is 2.85. The lowest BCUT2D eigenvalue weighted by molar-refractivity contribution is -0.136. The molecule has 0 atom stereocenters. The topological polar surface area (TPSA) is 55.1 Å². The number of fused-ring (bicyclic) bond motifs is 1. The number of halogens is 1. The van der Waals surface area contributed by atoms with Crippen LogP contribution in [0.1, 0.15) is 25.3 Å². The zero-order valence-corrected chi connectivity index (χ0v) is 13.5. The van der Waals surface area contributed by atoms with Crippen LogP contribution in [0.3, 0.4) is 0 Å². The minimum absolute atomic E-state index is 0.0488. The molecule has 24 heavy (non-hydrogen) atoms. The maximum atomic E-state index is 14.2. The smallest absolute Gasteiger partial charge is 0.307 e. The van der Waals surface area contributed by atoms with Crippen LogP contribution in [0.5, 0.6) is 0 Å². The van der Waals surface area contributed by atoms with Gasteiger partial charge in [0.25, 0.3) is 0 Å². The number of hydrogen-bond donors (Lipinski definition) is 1. The Balaban J connectivity index is 2.16. The van der Waals surface area contributed by atoms with Gasteiger partial charge in [-0.25, -0.2) is 9.37 Å². The molecule has 0 spiro atoms. The largest absolute Gasteiger partial charge is 0.481 e. The van der Waals surface area contributed by atoms with E-state index >= 15 is 0 Å². The second-order valence-corrected chi connectivity index (χ2v) is 5.81. The van der Waals surface area contributed by atoms with Gasteiger partial charge >= 0.3 is 5.97 Å². The van der Waals surface area contributed by atoms with Gasteiger partial charge < -0.3 is 9.67 Å². The molecule has 2 aromatic carbocycles. The van der Waals surface area contributed by atoms with Crippen molar-refractivity contribution in [1.82, 2.24) is 9.55 Å². The third-order valence-corrected chi connectivity index (χ3v) is 4.02. The molecule has 3 rings (SSSR count). The lowest BCUT2D eigenvalue weighted by atomic mass is 10.1. The molecule has 1 aromatic heterocycles. The molecule has 3 aromatic rings. The van der Waals surface area contributed by atoms with Gasteiger partial charge in [-0.05, 0) is 36.2 Å². The number of aromatic nitrogens is 2. The average molecular weight is 326 g/mol. The van der Waals surface area contributed by atoms with Crippen molar-refractivity contribution >= 4 is 17.0 Å². The van der Waals surface area contributed by atoms with Crippen molar-refractivity contribution in [3.05, 3.63) is 53.8 Å². The number of benzene rings is 2. The first kappa shape index (κ1) is 16.2. The van der Waals surface area contributed by atoms with Crippen LogP contribution in [0.25, 0.3) is 22.4 Å². The molecule has 0 radical (unpaired) electrons. The van der Waals surface area contributed by atoms with Crippen LogP contribution in [0.15, 0.2) is 42.5 Å². The summed E-state index contributed by atoms with van der Waals surface area (Å²) in [5.41, 5.74) is 2.75. The minimum atomic E-state index is -0.880. The van der Waals surface area contributed by atoms with E-state index in [0.717, 1.165) is 24.9 Å². The predicted molar refractivity (Wildman–Crippen MR) is 91.4 cm³/mol. The molecule has 0 fully saturated rings. The number of rotatable bonds is 6. The molecule has 4 nitrogen and oxygen atoms in total. The van der Waals surface area contributed by atoms with E-state index in [1.807, 2.05) is 10.6 Å². The first-order valence-corrected chi connectivity index (χ1v) is 8.06. The molecule has 0 saturated heterocycles. The summed E-state index contributed by atoms with van der Waals surface area (Å²) in [4.78, 5) is 15.5. The zero-order valence-electron chi connectivity index (χ0n) is 13.5. The molecule has 0 aliphatic rings. The third kappa shape index (κ3) is 3.15.